The van der Waals surface area contributed by atoms with Crippen molar-refractivity contribution in [1.29, 1.82) is 0 Å². The molecule has 1 saturated heterocycles. The van der Waals surface area contributed by atoms with Gasteiger partial charge in [0.15, 0.2) is 0 Å². The van der Waals surface area contributed by atoms with Crippen LogP contribution in [0, 0.1) is 0 Å². The molecular formula is C24H24ClN3O. The minimum atomic E-state index is -0.0597. The first-order valence-corrected chi connectivity index (χ1v) is 10.4. The Balaban J connectivity index is 1.47. The number of halogens is 1. The maximum Gasteiger partial charge on any atom is 0.251 e. The molecule has 29 heavy (non-hydrogen) atoms. The summed E-state index contributed by atoms with van der Waals surface area (Å²) in [7, 11) is 0. The first-order chi connectivity index (χ1) is 14.2. The lowest BCUT2D eigenvalue weighted by Gasteiger charge is -2.15. The average molecular weight is 406 g/mol. The highest BCUT2D eigenvalue weighted by Crippen LogP contribution is 2.30. The number of nitrogens with one attached hydrogen (secondary N) is 1. The first kappa shape index (κ1) is 19.6. The van der Waals surface area contributed by atoms with Gasteiger partial charge in [0.05, 0.1) is 0 Å². The monoisotopic (exact) mass is 405 g/mol. The van der Waals surface area contributed by atoms with Crippen molar-refractivity contribution < 1.29 is 4.79 Å². The molecule has 1 N–H and O–H groups in total. The van der Waals surface area contributed by atoms with Gasteiger partial charge in [0.2, 0.25) is 0 Å². The predicted molar refractivity (Wildman–Crippen MR) is 118 cm³/mol. The fraction of sp³-hybridized carbons (Fsp3) is 0.250. The van der Waals surface area contributed by atoms with E-state index in [0.29, 0.717) is 17.1 Å². The number of nitrogens with zero attached hydrogens (tertiary/aromatic N) is 2. The van der Waals surface area contributed by atoms with Crippen LogP contribution in [0.1, 0.15) is 23.2 Å². The first-order valence-electron chi connectivity index (χ1n) is 10.0. The van der Waals surface area contributed by atoms with E-state index in [2.05, 4.69) is 27.3 Å². The van der Waals surface area contributed by atoms with Crippen molar-refractivity contribution in [2.45, 2.75) is 12.8 Å². The Morgan fingerprint density at radius 2 is 1.59 bits per heavy atom. The van der Waals surface area contributed by atoms with Crippen LogP contribution in [0.4, 0.5) is 0 Å². The highest BCUT2D eigenvalue weighted by molar-refractivity contribution is 6.33. The molecule has 4 rings (SSSR count). The molecule has 0 radical (unpaired) electrons. The fourth-order valence-corrected chi connectivity index (χ4v) is 3.94. The Hall–Kier alpha value is -2.69. The molecule has 5 heteroatoms. The number of benzene rings is 2. The lowest BCUT2D eigenvalue weighted by Crippen LogP contribution is -2.33. The summed E-state index contributed by atoms with van der Waals surface area (Å²) in [5.74, 6) is -0.0597. The Morgan fingerprint density at radius 3 is 2.31 bits per heavy atom. The van der Waals surface area contributed by atoms with Gasteiger partial charge < -0.3 is 10.2 Å². The molecule has 2 aromatic carbocycles. The van der Waals surface area contributed by atoms with E-state index in [1.807, 2.05) is 30.3 Å². The van der Waals surface area contributed by atoms with Crippen LogP contribution in [-0.2, 0) is 0 Å². The minimum Gasteiger partial charge on any atom is -0.351 e. The van der Waals surface area contributed by atoms with Crippen LogP contribution in [-0.4, -0.2) is 42.0 Å². The van der Waals surface area contributed by atoms with Crippen LogP contribution >= 0.6 is 11.6 Å². The van der Waals surface area contributed by atoms with Gasteiger partial charge in [-0.1, -0.05) is 35.9 Å². The second-order valence-corrected chi connectivity index (χ2v) is 7.72. The Kier molecular flexibility index (Phi) is 6.23. The van der Waals surface area contributed by atoms with E-state index in [-0.39, 0.29) is 5.91 Å². The molecule has 0 aliphatic carbocycles. The highest BCUT2D eigenvalue weighted by atomic mass is 35.5. The van der Waals surface area contributed by atoms with Crippen LogP contribution in [0.3, 0.4) is 0 Å². The molecule has 3 aromatic rings. The van der Waals surface area contributed by atoms with Crippen molar-refractivity contribution in [3.05, 3.63) is 77.6 Å². The van der Waals surface area contributed by atoms with Gasteiger partial charge in [-0.05, 0) is 73.0 Å². The van der Waals surface area contributed by atoms with Gasteiger partial charge in [-0.3, -0.25) is 9.78 Å². The smallest absolute Gasteiger partial charge is 0.251 e. The van der Waals surface area contributed by atoms with Gasteiger partial charge in [-0.2, -0.15) is 0 Å². The number of carbonyl (C=O) groups excluding carboxylic acids is 1. The molecule has 148 valence electrons. The van der Waals surface area contributed by atoms with Crippen molar-refractivity contribution in [2.75, 3.05) is 26.2 Å². The summed E-state index contributed by atoms with van der Waals surface area (Å²) < 4.78 is 0. The zero-order valence-corrected chi connectivity index (χ0v) is 17.0. The summed E-state index contributed by atoms with van der Waals surface area (Å²) in [5, 5.41) is 3.66. The van der Waals surface area contributed by atoms with E-state index in [1.54, 1.807) is 24.5 Å². The number of pyridine rings is 1. The summed E-state index contributed by atoms with van der Waals surface area (Å²) in [4.78, 5) is 19.0. The molecule has 1 aliphatic heterocycles. The van der Waals surface area contributed by atoms with Gasteiger partial charge in [0, 0.05) is 41.6 Å². The average Bonchev–Trinajstić information content (AvgIpc) is 3.28. The van der Waals surface area contributed by atoms with Gasteiger partial charge >= 0.3 is 0 Å². The molecule has 0 atom stereocenters. The third-order valence-corrected chi connectivity index (χ3v) is 5.68. The number of aromatic nitrogens is 1. The molecule has 2 heterocycles. The van der Waals surface area contributed by atoms with Gasteiger partial charge in [-0.25, -0.2) is 0 Å². The molecule has 4 nitrogen and oxygen atoms in total. The Morgan fingerprint density at radius 1 is 0.931 bits per heavy atom. The van der Waals surface area contributed by atoms with E-state index in [9.17, 15) is 4.79 Å². The van der Waals surface area contributed by atoms with Crippen LogP contribution in [0.25, 0.3) is 22.3 Å². The van der Waals surface area contributed by atoms with Crippen LogP contribution in [0.2, 0.25) is 5.02 Å². The van der Waals surface area contributed by atoms with Crippen molar-refractivity contribution in [1.82, 2.24) is 15.2 Å². The Bertz CT molecular complexity index is 967. The number of amides is 1. The van der Waals surface area contributed by atoms with E-state index in [1.165, 1.54) is 12.8 Å². The highest BCUT2D eigenvalue weighted by Gasteiger charge is 2.13. The maximum absolute atomic E-state index is 12.6. The zero-order chi connectivity index (χ0) is 20.1. The zero-order valence-electron chi connectivity index (χ0n) is 16.3. The summed E-state index contributed by atoms with van der Waals surface area (Å²) >= 11 is 6.44. The summed E-state index contributed by atoms with van der Waals surface area (Å²) in [6.45, 7) is 3.84. The van der Waals surface area contributed by atoms with Crippen LogP contribution < -0.4 is 5.32 Å². The fourth-order valence-electron chi connectivity index (χ4n) is 3.71. The lowest BCUT2D eigenvalue weighted by atomic mass is 9.99. The minimum absolute atomic E-state index is 0.0597. The van der Waals surface area contributed by atoms with Crippen molar-refractivity contribution >= 4 is 17.5 Å². The summed E-state index contributed by atoms with van der Waals surface area (Å²) in [6, 6.07) is 17.6. The second-order valence-electron chi connectivity index (χ2n) is 7.31. The van der Waals surface area contributed by atoms with Crippen LogP contribution in [0.5, 0.6) is 0 Å². The lowest BCUT2D eigenvalue weighted by molar-refractivity contribution is 0.0950. The number of rotatable bonds is 6. The van der Waals surface area contributed by atoms with Gasteiger partial charge in [0.1, 0.15) is 0 Å². The topological polar surface area (TPSA) is 45.2 Å². The third kappa shape index (κ3) is 4.84. The van der Waals surface area contributed by atoms with Gasteiger partial charge in [-0.15, -0.1) is 0 Å². The van der Waals surface area contributed by atoms with Crippen molar-refractivity contribution in [3.8, 4) is 22.3 Å². The SMILES string of the molecule is O=C(NCCN1CCCC1)c1ccc(Cl)c(-c2ccc(-c3ccncc3)cc2)c1. The van der Waals surface area contributed by atoms with E-state index in [4.69, 9.17) is 11.6 Å². The predicted octanol–water partition coefficient (Wildman–Crippen LogP) is 4.89. The molecule has 1 aliphatic rings. The quantitative estimate of drug-likeness (QED) is 0.634. The molecule has 0 spiro atoms. The second kappa shape index (κ2) is 9.21. The molecule has 0 bridgehead atoms. The largest absolute Gasteiger partial charge is 0.351 e. The van der Waals surface area contributed by atoms with E-state index < -0.39 is 0 Å². The number of likely N-dealkylation sites (tertiary alicyclic amines) is 1. The van der Waals surface area contributed by atoms with E-state index >= 15 is 0 Å². The number of carbonyl (C=O) groups is 1. The molecular weight excluding hydrogens is 382 g/mol. The molecule has 1 aromatic heterocycles. The van der Waals surface area contributed by atoms with E-state index in [0.717, 1.165) is 41.9 Å². The third-order valence-electron chi connectivity index (χ3n) is 5.35. The Labute approximate surface area is 176 Å². The number of hydrogen-bond donors (Lipinski definition) is 1. The molecule has 0 unspecified atom stereocenters. The summed E-state index contributed by atoms with van der Waals surface area (Å²) in [5.41, 5.74) is 4.70. The molecule has 1 fully saturated rings. The van der Waals surface area contributed by atoms with Gasteiger partial charge in [0.25, 0.3) is 5.91 Å². The normalized spacial score (nSPS) is 14.1. The molecule has 0 saturated carbocycles. The van der Waals surface area contributed by atoms with Crippen molar-refractivity contribution in [3.63, 3.8) is 0 Å². The molecule has 1 amide bonds. The number of hydrogen-bond acceptors (Lipinski definition) is 3. The summed E-state index contributed by atoms with van der Waals surface area (Å²) in [6.07, 6.45) is 6.08. The van der Waals surface area contributed by atoms with Crippen molar-refractivity contribution in [2.24, 2.45) is 0 Å². The van der Waals surface area contributed by atoms with Crippen LogP contribution in [0.15, 0.2) is 67.0 Å². The maximum atomic E-state index is 12.6. The standard InChI is InChI=1S/C24H24ClN3O/c25-23-8-7-21(24(29)27-13-16-28-14-1-2-15-28)17-22(23)20-5-3-18(4-6-20)19-9-11-26-12-10-19/h3-12,17H,1-2,13-16H2,(H,27,29).